The first-order valence-electron chi connectivity index (χ1n) is 5.30. The molecule has 4 N–H and O–H groups in total. The molecule has 6 heteroatoms. The molecule has 18 heavy (non-hydrogen) atoms. The van der Waals surface area contributed by atoms with Crippen molar-refractivity contribution in [2.75, 3.05) is 19.9 Å². The van der Waals surface area contributed by atoms with Gasteiger partial charge < -0.3 is 20.8 Å². The van der Waals surface area contributed by atoms with Crippen molar-refractivity contribution in [1.29, 1.82) is 0 Å². The Bertz CT molecular complexity index is 631. The molecule has 0 radical (unpaired) electrons. The fraction of sp³-hybridized carbons (Fsp3) is 0.167. The standard InChI is InChI=1S/C12H13N3O3/c1-14-11(16)9-7-4-3-6(12(17)18-2)5-8(7)15-10(9)13/h3-5,15H,13H2,1-2H3,(H,14,16). The molecule has 0 atom stereocenters. The van der Waals surface area contributed by atoms with E-state index < -0.39 is 5.97 Å². The number of ether oxygens (including phenoxy) is 1. The Labute approximate surface area is 103 Å². The number of nitrogens with two attached hydrogens (primary N) is 1. The Hall–Kier alpha value is -2.50. The van der Waals surface area contributed by atoms with Gasteiger partial charge in [0, 0.05) is 18.0 Å². The summed E-state index contributed by atoms with van der Waals surface area (Å²) in [6.07, 6.45) is 0. The number of hydrogen-bond acceptors (Lipinski definition) is 4. The van der Waals surface area contributed by atoms with Gasteiger partial charge in [-0.05, 0) is 12.1 Å². The molecule has 1 amide bonds. The fourth-order valence-corrected chi connectivity index (χ4v) is 1.83. The topological polar surface area (TPSA) is 97.2 Å². The number of methoxy groups -OCH3 is 1. The summed E-state index contributed by atoms with van der Waals surface area (Å²) in [6.45, 7) is 0. The molecule has 1 aromatic heterocycles. The average molecular weight is 247 g/mol. The zero-order valence-electron chi connectivity index (χ0n) is 10.0. The number of fused-ring (bicyclic) bond motifs is 1. The molecule has 0 saturated heterocycles. The van der Waals surface area contributed by atoms with Gasteiger partial charge in [-0.15, -0.1) is 0 Å². The monoisotopic (exact) mass is 247 g/mol. The van der Waals surface area contributed by atoms with Gasteiger partial charge in [0.2, 0.25) is 0 Å². The average Bonchev–Trinajstić information content (AvgIpc) is 2.71. The molecule has 94 valence electrons. The van der Waals surface area contributed by atoms with Crippen LogP contribution in [-0.4, -0.2) is 31.0 Å². The number of nitrogens with one attached hydrogen (secondary N) is 2. The quantitative estimate of drug-likeness (QED) is 0.687. The van der Waals surface area contributed by atoms with Gasteiger partial charge >= 0.3 is 5.97 Å². The largest absolute Gasteiger partial charge is 0.465 e. The first kappa shape index (κ1) is 12.0. The van der Waals surface area contributed by atoms with Crippen molar-refractivity contribution >= 4 is 28.6 Å². The van der Waals surface area contributed by atoms with E-state index in [4.69, 9.17) is 5.73 Å². The summed E-state index contributed by atoms with van der Waals surface area (Å²) >= 11 is 0. The van der Waals surface area contributed by atoms with Gasteiger partial charge in [-0.2, -0.15) is 0 Å². The predicted octanol–water partition coefficient (Wildman–Crippen LogP) is 0.896. The maximum atomic E-state index is 11.7. The number of amides is 1. The Morgan fingerprint density at radius 1 is 1.39 bits per heavy atom. The molecule has 2 aromatic rings. The number of carbonyl (C=O) groups is 2. The molecule has 0 aliphatic heterocycles. The highest BCUT2D eigenvalue weighted by Crippen LogP contribution is 2.25. The van der Waals surface area contributed by atoms with Crippen molar-refractivity contribution in [2.45, 2.75) is 0 Å². The predicted molar refractivity (Wildman–Crippen MR) is 67.4 cm³/mol. The second kappa shape index (κ2) is 4.40. The van der Waals surface area contributed by atoms with E-state index in [0.717, 1.165) is 0 Å². The maximum absolute atomic E-state index is 11.7. The first-order chi connectivity index (χ1) is 8.58. The molecular weight excluding hydrogens is 234 g/mol. The van der Waals surface area contributed by atoms with Crippen LogP contribution in [0.25, 0.3) is 10.9 Å². The highest BCUT2D eigenvalue weighted by atomic mass is 16.5. The molecule has 2 rings (SSSR count). The number of anilines is 1. The Morgan fingerprint density at radius 3 is 2.72 bits per heavy atom. The lowest BCUT2D eigenvalue weighted by molar-refractivity contribution is 0.0600. The zero-order valence-corrected chi connectivity index (χ0v) is 10.0. The van der Waals surface area contributed by atoms with Gasteiger partial charge in [-0.25, -0.2) is 4.79 Å². The van der Waals surface area contributed by atoms with Crippen molar-refractivity contribution in [3.8, 4) is 0 Å². The number of aromatic nitrogens is 1. The van der Waals surface area contributed by atoms with Crippen LogP contribution in [0.5, 0.6) is 0 Å². The summed E-state index contributed by atoms with van der Waals surface area (Å²) < 4.78 is 4.63. The molecule has 0 saturated carbocycles. The molecule has 0 bridgehead atoms. The maximum Gasteiger partial charge on any atom is 0.337 e. The van der Waals surface area contributed by atoms with Gasteiger partial charge in [0.15, 0.2) is 0 Å². The lowest BCUT2D eigenvalue weighted by Crippen LogP contribution is -2.18. The van der Waals surface area contributed by atoms with E-state index in [9.17, 15) is 9.59 Å². The van der Waals surface area contributed by atoms with E-state index in [0.29, 0.717) is 22.0 Å². The van der Waals surface area contributed by atoms with E-state index >= 15 is 0 Å². The van der Waals surface area contributed by atoms with E-state index in [1.165, 1.54) is 14.2 Å². The minimum absolute atomic E-state index is 0.270. The Balaban J connectivity index is 2.61. The summed E-state index contributed by atoms with van der Waals surface area (Å²) in [5.41, 5.74) is 7.15. The molecule has 6 nitrogen and oxygen atoms in total. The van der Waals surface area contributed by atoms with Crippen molar-refractivity contribution in [3.63, 3.8) is 0 Å². The minimum Gasteiger partial charge on any atom is -0.465 e. The van der Waals surface area contributed by atoms with E-state index in [2.05, 4.69) is 15.0 Å². The summed E-state index contributed by atoms with van der Waals surface area (Å²) in [6, 6.07) is 4.86. The Morgan fingerprint density at radius 2 is 2.11 bits per heavy atom. The van der Waals surface area contributed by atoms with E-state index in [1.807, 2.05) is 0 Å². The highest BCUT2D eigenvalue weighted by molar-refractivity contribution is 6.12. The van der Waals surface area contributed by atoms with Crippen LogP contribution >= 0.6 is 0 Å². The SMILES string of the molecule is CNC(=O)c1c(N)[nH]c2cc(C(=O)OC)ccc12. The summed E-state index contributed by atoms with van der Waals surface area (Å²) in [4.78, 5) is 25.9. The molecule has 1 aromatic carbocycles. The molecule has 0 aliphatic carbocycles. The lowest BCUT2D eigenvalue weighted by atomic mass is 10.1. The molecule has 1 heterocycles. The number of esters is 1. The first-order valence-corrected chi connectivity index (χ1v) is 5.30. The van der Waals surface area contributed by atoms with E-state index in [1.54, 1.807) is 18.2 Å². The van der Waals surface area contributed by atoms with Crippen molar-refractivity contribution in [3.05, 3.63) is 29.3 Å². The van der Waals surface area contributed by atoms with Crippen LogP contribution in [0.3, 0.4) is 0 Å². The summed E-state index contributed by atoms with van der Waals surface area (Å²) in [7, 11) is 2.84. The van der Waals surface area contributed by atoms with Crippen molar-refractivity contribution < 1.29 is 14.3 Å². The van der Waals surface area contributed by atoms with Crippen molar-refractivity contribution in [1.82, 2.24) is 10.3 Å². The zero-order chi connectivity index (χ0) is 13.3. The van der Waals surface area contributed by atoms with Crippen LogP contribution in [0, 0.1) is 0 Å². The van der Waals surface area contributed by atoms with Gasteiger partial charge in [-0.1, -0.05) is 6.07 Å². The summed E-state index contributed by atoms with van der Waals surface area (Å²) in [5.74, 6) is -0.442. The van der Waals surface area contributed by atoms with Crippen LogP contribution in [-0.2, 0) is 4.74 Å². The number of benzene rings is 1. The second-order valence-electron chi connectivity index (χ2n) is 3.74. The van der Waals surface area contributed by atoms with Gasteiger partial charge in [0.1, 0.15) is 5.82 Å². The third kappa shape index (κ3) is 1.77. The van der Waals surface area contributed by atoms with Gasteiger partial charge in [0.25, 0.3) is 5.91 Å². The van der Waals surface area contributed by atoms with Gasteiger partial charge in [0.05, 0.1) is 18.2 Å². The summed E-state index contributed by atoms with van der Waals surface area (Å²) in [5, 5.41) is 3.18. The second-order valence-corrected chi connectivity index (χ2v) is 3.74. The molecule has 0 aliphatic rings. The van der Waals surface area contributed by atoms with Crippen LogP contribution in [0.2, 0.25) is 0 Å². The van der Waals surface area contributed by atoms with Crippen LogP contribution in [0.4, 0.5) is 5.82 Å². The lowest BCUT2D eigenvalue weighted by Gasteiger charge is -2.00. The van der Waals surface area contributed by atoms with Crippen molar-refractivity contribution in [2.24, 2.45) is 0 Å². The van der Waals surface area contributed by atoms with Crippen LogP contribution < -0.4 is 11.1 Å². The number of aromatic amines is 1. The highest BCUT2D eigenvalue weighted by Gasteiger charge is 2.17. The number of nitrogen functional groups attached to an aromatic ring is 1. The number of rotatable bonds is 2. The number of H-pyrrole nitrogens is 1. The van der Waals surface area contributed by atoms with Gasteiger partial charge in [-0.3, -0.25) is 4.79 Å². The number of carbonyl (C=O) groups excluding carboxylic acids is 2. The van der Waals surface area contributed by atoms with E-state index in [-0.39, 0.29) is 11.7 Å². The molecule has 0 fully saturated rings. The fourth-order valence-electron chi connectivity index (χ4n) is 1.83. The third-order valence-electron chi connectivity index (χ3n) is 2.70. The van der Waals surface area contributed by atoms with Crippen LogP contribution in [0.15, 0.2) is 18.2 Å². The minimum atomic E-state index is -0.438. The normalized spacial score (nSPS) is 10.3. The molecular formula is C12H13N3O3. The molecule has 0 unspecified atom stereocenters. The number of hydrogen-bond donors (Lipinski definition) is 3. The molecule has 0 spiro atoms. The smallest absolute Gasteiger partial charge is 0.337 e. The van der Waals surface area contributed by atoms with Crippen LogP contribution in [0.1, 0.15) is 20.7 Å². The Kier molecular flexibility index (Phi) is 2.93. The third-order valence-corrected chi connectivity index (χ3v) is 2.70.